The summed E-state index contributed by atoms with van der Waals surface area (Å²) in [6, 6.07) is 18.0. The Kier molecular flexibility index (Phi) is 7.82. The zero-order valence-corrected chi connectivity index (χ0v) is 16.7. The average Bonchev–Trinajstić information content (AvgIpc) is 2.78. The van der Waals surface area contributed by atoms with E-state index in [1.807, 2.05) is 60.7 Å². The van der Waals surface area contributed by atoms with Gasteiger partial charge in [0, 0.05) is 6.54 Å². The van der Waals surface area contributed by atoms with E-state index in [1.54, 1.807) is 0 Å². The van der Waals surface area contributed by atoms with Gasteiger partial charge in [-0.1, -0.05) is 79.9 Å². The zero-order valence-electron chi connectivity index (χ0n) is 16.7. The van der Waals surface area contributed by atoms with Crippen molar-refractivity contribution in [1.82, 2.24) is 10.6 Å². The van der Waals surface area contributed by atoms with Gasteiger partial charge >= 0.3 is 0 Å². The van der Waals surface area contributed by atoms with Gasteiger partial charge in [-0.15, -0.1) is 0 Å². The number of aliphatic hydroxyl groups excluding tert-OH is 1. The fourth-order valence-electron chi connectivity index (χ4n) is 3.99. The largest absolute Gasteiger partial charge is 0.394 e. The summed E-state index contributed by atoms with van der Waals surface area (Å²) in [5.41, 5.74) is 1.69. The van der Waals surface area contributed by atoms with Crippen LogP contribution in [0.2, 0.25) is 0 Å². The minimum absolute atomic E-state index is 0.297. The fraction of sp³-hybridized carbons (Fsp3) is 0.417. The highest BCUT2D eigenvalue weighted by Gasteiger charge is 2.27. The first-order valence-corrected chi connectivity index (χ1v) is 10.5. The van der Waals surface area contributed by atoms with Crippen molar-refractivity contribution in [1.29, 1.82) is 0 Å². The van der Waals surface area contributed by atoms with Gasteiger partial charge in [0.05, 0.1) is 12.5 Å². The van der Waals surface area contributed by atoms with E-state index in [2.05, 4.69) is 10.6 Å². The van der Waals surface area contributed by atoms with Crippen LogP contribution in [-0.2, 0) is 9.59 Å². The lowest BCUT2D eigenvalue weighted by atomic mass is 9.89. The summed E-state index contributed by atoms with van der Waals surface area (Å²) < 4.78 is 0. The highest BCUT2D eigenvalue weighted by Crippen LogP contribution is 2.25. The Hall–Kier alpha value is -2.66. The smallest absolute Gasteiger partial charge is 0.244 e. The Labute approximate surface area is 172 Å². The third-order valence-electron chi connectivity index (χ3n) is 5.63. The molecule has 0 aliphatic heterocycles. The molecule has 0 spiro atoms. The molecule has 0 radical (unpaired) electrons. The van der Waals surface area contributed by atoms with E-state index in [-0.39, 0.29) is 11.8 Å². The summed E-state index contributed by atoms with van der Waals surface area (Å²) in [6.45, 7) is 0.171. The van der Waals surface area contributed by atoms with Gasteiger partial charge in [0.1, 0.15) is 6.04 Å². The van der Waals surface area contributed by atoms with Crippen molar-refractivity contribution in [2.45, 2.75) is 44.1 Å². The van der Waals surface area contributed by atoms with Crippen LogP contribution in [0, 0.1) is 5.92 Å². The molecule has 2 amide bonds. The highest BCUT2D eigenvalue weighted by atomic mass is 16.3. The molecule has 2 aromatic carbocycles. The van der Waals surface area contributed by atoms with E-state index < -0.39 is 18.6 Å². The predicted octanol–water partition coefficient (Wildman–Crippen LogP) is 2.99. The van der Waals surface area contributed by atoms with Crippen molar-refractivity contribution in [2.24, 2.45) is 5.92 Å². The van der Waals surface area contributed by atoms with Gasteiger partial charge in [-0.05, 0) is 29.9 Å². The second-order valence-electron chi connectivity index (χ2n) is 7.75. The quantitative estimate of drug-likeness (QED) is 0.644. The standard InChI is InChI=1S/C24H30N2O3/c27-17-21(23(28)25-16-18-10-4-1-5-11-18)26-24(29)22(19-12-6-2-7-13-19)20-14-8-3-9-15-20/h2-3,6-9,12-15,18,21-22,27H,1,4-5,10-11,16-17H2,(H,25,28)(H,26,29). The van der Waals surface area contributed by atoms with Crippen LogP contribution in [-0.4, -0.2) is 36.1 Å². The van der Waals surface area contributed by atoms with Crippen LogP contribution in [0.5, 0.6) is 0 Å². The molecule has 1 fully saturated rings. The molecule has 1 aliphatic rings. The molecule has 3 rings (SSSR count). The van der Waals surface area contributed by atoms with Crippen molar-refractivity contribution in [3.05, 3.63) is 71.8 Å². The molecule has 0 bridgehead atoms. The number of nitrogens with one attached hydrogen (secondary N) is 2. The molecule has 1 saturated carbocycles. The summed E-state index contributed by atoms with van der Waals surface area (Å²) in [7, 11) is 0. The number of carbonyl (C=O) groups excluding carboxylic acids is 2. The van der Waals surface area contributed by atoms with Crippen molar-refractivity contribution < 1.29 is 14.7 Å². The number of amides is 2. The van der Waals surface area contributed by atoms with E-state index in [4.69, 9.17) is 0 Å². The lowest BCUT2D eigenvalue weighted by molar-refractivity contribution is -0.130. The maximum absolute atomic E-state index is 13.1. The first-order chi connectivity index (χ1) is 14.2. The number of hydrogen-bond acceptors (Lipinski definition) is 3. The number of benzene rings is 2. The van der Waals surface area contributed by atoms with E-state index in [0.717, 1.165) is 24.0 Å². The number of hydrogen-bond donors (Lipinski definition) is 3. The molecule has 0 saturated heterocycles. The molecular weight excluding hydrogens is 364 g/mol. The first kappa shape index (κ1) is 21.1. The Balaban J connectivity index is 1.67. The average molecular weight is 395 g/mol. The lowest BCUT2D eigenvalue weighted by Gasteiger charge is -2.24. The molecule has 1 aliphatic carbocycles. The number of aliphatic hydroxyl groups is 1. The van der Waals surface area contributed by atoms with Crippen molar-refractivity contribution >= 4 is 11.8 Å². The maximum Gasteiger partial charge on any atom is 0.244 e. The summed E-state index contributed by atoms with van der Waals surface area (Å²) in [6.07, 6.45) is 5.92. The van der Waals surface area contributed by atoms with Gasteiger partial charge in [-0.2, -0.15) is 0 Å². The van der Waals surface area contributed by atoms with E-state index in [9.17, 15) is 14.7 Å². The van der Waals surface area contributed by atoms with Crippen LogP contribution < -0.4 is 10.6 Å². The normalized spacial score (nSPS) is 15.7. The third-order valence-corrected chi connectivity index (χ3v) is 5.63. The van der Waals surface area contributed by atoms with Crippen LogP contribution in [0.4, 0.5) is 0 Å². The third kappa shape index (κ3) is 5.91. The molecule has 5 heteroatoms. The topological polar surface area (TPSA) is 78.4 Å². The van der Waals surface area contributed by atoms with Crippen LogP contribution >= 0.6 is 0 Å². The Morgan fingerprint density at radius 3 is 1.93 bits per heavy atom. The number of carbonyl (C=O) groups is 2. The molecule has 0 aromatic heterocycles. The minimum Gasteiger partial charge on any atom is -0.394 e. The Morgan fingerprint density at radius 1 is 0.862 bits per heavy atom. The van der Waals surface area contributed by atoms with Crippen molar-refractivity contribution in [3.63, 3.8) is 0 Å². The zero-order chi connectivity index (χ0) is 20.5. The molecule has 5 nitrogen and oxygen atoms in total. The van der Waals surface area contributed by atoms with Gasteiger partial charge in [-0.25, -0.2) is 0 Å². The second kappa shape index (κ2) is 10.8. The monoisotopic (exact) mass is 394 g/mol. The molecule has 154 valence electrons. The maximum atomic E-state index is 13.1. The predicted molar refractivity (Wildman–Crippen MR) is 113 cm³/mol. The first-order valence-electron chi connectivity index (χ1n) is 10.5. The van der Waals surface area contributed by atoms with Gasteiger partial charge in [0.2, 0.25) is 11.8 Å². The molecule has 29 heavy (non-hydrogen) atoms. The highest BCUT2D eigenvalue weighted by molar-refractivity contribution is 5.92. The van der Waals surface area contributed by atoms with Gasteiger partial charge < -0.3 is 15.7 Å². The van der Waals surface area contributed by atoms with Gasteiger partial charge in [0.25, 0.3) is 0 Å². The molecule has 1 atom stereocenters. The Morgan fingerprint density at radius 2 is 1.41 bits per heavy atom. The lowest BCUT2D eigenvalue weighted by Crippen LogP contribution is -2.51. The van der Waals surface area contributed by atoms with E-state index in [0.29, 0.717) is 12.5 Å². The Bertz CT molecular complexity index is 734. The van der Waals surface area contributed by atoms with Crippen molar-refractivity contribution in [3.8, 4) is 0 Å². The van der Waals surface area contributed by atoms with Gasteiger partial charge in [-0.3, -0.25) is 9.59 Å². The van der Waals surface area contributed by atoms with Crippen LogP contribution in [0.25, 0.3) is 0 Å². The molecule has 1 unspecified atom stereocenters. The van der Waals surface area contributed by atoms with E-state index in [1.165, 1.54) is 19.3 Å². The van der Waals surface area contributed by atoms with Crippen LogP contribution in [0.15, 0.2) is 60.7 Å². The summed E-state index contributed by atoms with van der Waals surface area (Å²) >= 11 is 0. The molecular formula is C24H30N2O3. The molecule has 0 heterocycles. The molecule has 2 aromatic rings. The fourth-order valence-corrected chi connectivity index (χ4v) is 3.99. The summed E-state index contributed by atoms with van der Waals surface area (Å²) in [4.78, 5) is 25.7. The minimum atomic E-state index is -0.957. The van der Waals surface area contributed by atoms with Crippen LogP contribution in [0.3, 0.4) is 0 Å². The summed E-state index contributed by atoms with van der Waals surface area (Å²) in [5, 5.41) is 15.4. The van der Waals surface area contributed by atoms with E-state index >= 15 is 0 Å². The van der Waals surface area contributed by atoms with Gasteiger partial charge in [0.15, 0.2) is 0 Å². The van der Waals surface area contributed by atoms with Crippen LogP contribution in [0.1, 0.15) is 49.1 Å². The summed E-state index contributed by atoms with van der Waals surface area (Å²) in [5.74, 6) is -0.678. The van der Waals surface area contributed by atoms with Crippen molar-refractivity contribution in [2.75, 3.05) is 13.2 Å². The molecule has 3 N–H and O–H groups in total. The number of rotatable bonds is 8. The second-order valence-corrected chi connectivity index (χ2v) is 7.75. The SMILES string of the molecule is O=C(NCC1CCCCC1)C(CO)NC(=O)C(c1ccccc1)c1ccccc1.